The molecule has 1 aromatic rings. The standard InChI is InChI=1S/C12H18N4O2S/c1-8-3-4-10(11(13)14)12(15-8)16(2)9-5-6-19(17,18)7-9/h3-4,9H,5-7H2,1-2H3,(H3,13,14). The van der Waals surface area contributed by atoms with Crippen LogP contribution in [0.3, 0.4) is 0 Å². The van der Waals surface area contributed by atoms with E-state index >= 15 is 0 Å². The van der Waals surface area contributed by atoms with Crippen LogP contribution in [-0.4, -0.2) is 43.8 Å². The van der Waals surface area contributed by atoms with Crippen molar-refractivity contribution in [2.45, 2.75) is 19.4 Å². The van der Waals surface area contributed by atoms with Crippen LogP contribution in [0.5, 0.6) is 0 Å². The summed E-state index contributed by atoms with van der Waals surface area (Å²) in [5.74, 6) is 0.865. The molecule has 6 nitrogen and oxygen atoms in total. The van der Waals surface area contributed by atoms with Crippen LogP contribution < -0.4 is 10.6 Å². The Labute approximate surface area is 113 Å². The van der Waals surface area contributed by atoms with Crippen LogP contribution >= 0.6 is 0 Å². The first-order valence-corrected chi connectivity index (χ1v) is 7.87. The number of anilines is 1. The predicted molar refractivity (Wildman–Crippen MR) is 75.5 cm³/mol. The van der Waals surface area contributed by atoms with Crippen LogP contribution in [-0.2, 0) is 9.84 Å². The Hall–Kier alpha value is -1.63. The Bertz CT molecular complexity index is 612. The van der Waals surface area contributed by atoms with Gasteiger partial charge < -0.3 is 10.6 Å². The van der Waals surface area contributed by atoms with E-state index in [-0.39, 0.29) is 23.4 Å². The Morgan fingerprint density at radius 1 is 1.53 bits per heavy atom. The van der Waals surface area contributed by atoms with Crippen molar-refractivity contribution in [3.63, 3.8) is 0 Å². The number of pyridine rings is 1. The van der Waals surface area contributed by atoms with Gasteiger partial charge in [0.1, 0.15) is 11.7 Å². The molecular weight excluding hydrogens is 264 g/mol. The summed E-state index contributed by atoms with van der Waals surface area (Å²) in [4.78, 5) is 6.22. The molecule has 1 atom stereocenters. The molecule has 104 valence electrons. The molecule has 1 aliphatic heterocycles. The van der Waals surface area contributed by atoms with Gasteiger partial charge in [-0.05, 0) is 25.5 Å². The zero-order valence-corrected chi connectivity index (χ0v) is 11.9. The summed E-state index contributed by atoms with van der Waals surface area (Å²) in [5.41, 5.74) is 6.90. The maximum Gasteiger partial charge on any atom is 0.152 e. The number of nitrogens with zero attached hydrogens (tertiary/aromatic N) is 2. The van der Waals surface area contributed by atoms with Gasteiger partial charge in [-0.3, -0.25) is 5.41 Å². The first-order chi connectivity index (χ1) is 8.80. The lowest BCUT2D eigenvalue weighted by atomic mass is 10.1. The molecule has 1 aromatic heterocycles. The van der Waals surface area contributed by atoms with Crippen LogP contribution in [0, 0.1) is 12.3 Å². The summed E-state index contributed by atoms with van der Waals surface area (Å²) < 4.78 is 23.1. The SMILES string of the molecule is Cc1ccc(C(=N)N)c(N(C)C2CCS(=O)(=O)C2)n1. The van der Waals surface area contributed by atoms with Gasteiger partial charge in [-0.25, -0.2) is 13.4 Å². The van der Waals surface area contributed by atoms with E-state index in [9.17, 15) is 8.42 Å². The summed E-state index contributed by atoms with van der Waals surface area (Å²) in [6.45, 7) is 1.85. The molecule has 1 aliphatic rings. The second-order valence-electron chi connectivity index (χ2n) is 4.91. The van der Waals surface area contributed by atoms with Gasteiger partial charge >= 0.3 is 0 Å². The van der Waals surface area contributed by atoms with Crippen molar-refractivity contribution in [3.8, 4) is 0 Å². The summed E-state index contributed by atoms with van der Waals surface area (Å²) in [6.07, 6.45) is 0.589. The number of nitrogens with one attached hydrogen (secondary N) is 1. The van der Waals surface area contributed by atoms with Crippen LogP contribution in [0.4, 0.5) is 5.82 Å². The molecule has 2 rings (SSSR count). The van der Waals surface area contributed by atoms with Gasteiger partial charge in [-0.1, -0.05) is 0 Å². The number of amidine groups is 1. The molecule has 2 heterocycles. The highest BCUT2D eigenvalue weighted by atomic mass is 32.2. The number of hydrogen-bond acceptors (Lipinski definition) is 5. The number of rotatable bonds is 3. The third-order valence-electron chi connectivity index (χ3n) is 3.39. The summed E-state index contributed by atoms with van der Waals surface area (Å²) in [6, 6.07) is 3.44. The van der Waals surface area contributed by atoms with Crippen LogP contribution in [0.1, 0.15) is 17.7 Å². The number of nitrogen functional groups attached to an aromatic ring is 1. The Kier molecular flexibility index (Phi) is 3.49. The fourth-order valence-electron chi connectivity index (χ4n) is 2.28. The smallest absolute Gasteiger partial charge is 0.152 e. The van der Waals surface area contributed by atoms with Crippen molar-refractivity contribution >= 4 is 21.5 Å². The van der Waals surface area contributed by atoms with Crippen molar-refractivity contribution < 1.29 is 8.42 Å². The lowest BCUT2D eigenvalue weighted by molar-refractivity contribution is 0.600. The molecule has 1 saturated heterocycles. The minimum absolute atomic E-state index is 0.0600. The molecule has 0 aromatic carbocycles. The molecule has 19 heavy (non-hydrogen) atoms. The normalized spacial score (nSPS) is 21.3. The van der Waals surface area contributed by atoms with E-state index < -0.39 is 9.84 Å². The number of sulfone groups is 1. The third kappa shape index (κ3) is 2.86. The minimum Gasteiger partial charge on any atom is -0.384 e. The maximum atomic E-state index is 11.5. The molecule has 0 saturated carbocycles. The van der Waals surface area contributed by atoms with Gasteiger partial charge in [0.2, 0.25) is 0 Å². The van der Waals surface area contributed by atoms with Crippen LogP contribution in [0.25, 0.3) is 0 Å². The molecule has 0 bridgehead atoms. The molecule has 1 unspecified atom stereocenters. The van der Waals surface area contributed by atoms with Crippen LogP contribution in [0.15, 0.2) is 12.1 Å². The second kappa shape index (κ2) is 4.80. The molecule has 7 heteroatoms. The first-order valence-electron chi connectivity index (χ1n) is 6.05. The largest absolute Gasteiger partial charge is 0.384 e. The molecule has 0 radical (unpaired) electrons. The molecule has 0 aliphatic carbocycles. The topological polar surface area (TPSA) is 100 Å². The highest BCUT2D eigenvalue weighted by Gasteiger charge is 2.32. The minimum atomic E-state index is -2.95. The van der Waals surface area contributed by atoms with Gasteiger partial charge in [0.15, 0.2) is 9.84 Å². The predicted octanol–water partition coefficient (Wildman–Crippen LogP) is 0.297. The van der Waals surface area contributed by atoms with Crippen LogP contribution in [0.2, 0.25) is 0 Å². The maximum absolute atomic E-state index is 11.5. The van der Waals surface area contributed by atoms with E-state index in [2.05, 4.69) is 4.98 Å². The number of aromatic nitrogens is 1. The monoisotopic (exact) mass is 282 g/mol. The molecule has 0 amide bonds. The van der Waals surface area contributed by atoms with Gasteiger partial charge in [0, 0.05) is 18.8 Å². The molecular formula is C12H18N4O2S. The number of nitrogens with two attached hydrogens (primary N) is 1. The van der Waals surface area contributed by atoms with E-state index in [1.165, 1.54) is 0 Å². The average Bonchev–Trinajstić information content (AvgIpc) is 2.68. The summed E-state index contributed by atoms with van der Waals surface area (Å²) in [7, 11) is -1.14. The van der Waals surface area contributed by atoms with Gasteiger partial charge in [-0.15, -0.1) is 0 Å². The van der Waals surface area contributed by atoms with Crippen molar-refractivity contribution in [1.82, 2.24) is 4.98 Å². The lowest BCUT2D eigenvalue weighted by Gasteiger charge is -2.26. The van der Waals surface area contributed by atoms with E-state index in [0.717, 1.165) is 5.69 Å². The van der Waals surface area contributed by atoms with Gasteiger partial charge in [0.25, 0.3) is 0 Å². The molecule has 1 fully saturated rings. The van der Waals surface area contributed by atoms with Crippen molar-refractivity contribution in [2.75, 3.05) is 23.5 Å². The lowest BCUT2D eigenvalue weighted by Crippen LogP contribution is -2.35. The number of hydrogen-bond donors (Lipinski definition) is 2. The van der Waals surface area contributed by atoms with Gasteiger partial charge in [-0.2, -0.15) is 0 Å². The van der Waals surface area contributed by atoms with E-state index in [4.69, 9.17) is 11.1 Å². The number of aryl methyl sites for hydroxylation is 1. The van der Waals surface area contributed by atoms with E-state index in [1.54, 1.807) is 19.2 Å². The molecule has 3 N–H and O–H groups in total. The van der Waals surface area contributed by atoms with Gasteiger partial charge in [0.05, 0.1) is 17.1 Å². The van der Waals surface area contributed by atoms with Crippen molar-refractivity contribution in [3.05, 3.63) is 23.4 Å². The second-order valence-corrected chi connectivity index (χ2v) is 7.13. The molecule has 0 spiro atoms. The Balaban J connectivity index is 2.36. The third-order valence-corrected chi connectivity index (χ3v) is 5.15. The van der Waals surface area contributed by atoms with E-state index in [0.29, 0.717) is 17.8 Å². The fourth-order valence-corrected chi connectivity index (χ4v) is 4.05. The zero-order valence-electron chi connectivity index (χ0n) is 11.0. The highest BCUT2D eigenvalue weighted by molar-refractivity contribution is 7.91. The fraction of sp³-hybridized carbons (Fsp3) is 0.500. The van der Waals surface area contributed by atoms with E-state index in [1.807, 2.05) is 11.8 Å². The first kappa shape index (κ1) is 13.8. The summed E-state index contributed by atoms with van der Waals surface area (Å²) in [5, 5.41) is 7.58. The Morgan fingerprint density at radius 2 is 2.21 bits per heavy atom. The highest BCUT2D eigenvalue weighted by Crippen LogP contribution is 2.24. The average molecular weight is 282 g/mol. The van der Waals surface area contributed by atoms with Crippen molar-refractivity contribution in [2.24, 2.45) is 5.73 Å². The zero-order chi connectivity index (χ0) is 14.2. The van der Waals surface area contributed by atoms with Crippen molar-refractivity contribution in [1.29, 1.82) is 5.41 Å². The Morgan fingerprint density at radius 3 is 2.74 bits per heavy atom. The quantitative estimate of drug-likeness (QED) is 0.613. The summed E-state index contributed by atoms with van der Waals surface area (Å²) >= 11 is 0.